The lowest BCUT2D eigenvalue weighted by Crippen LogP contribution is -2.43. The maximum Gasteiger partial charge on any atom is 0.335 e. The highest BCUT2D eigenvalue weighted by Crippen LogP contribution is 2.50. The van der Waals surface area contributed by atoms with Crippen molar-refractivity contribution in [1.82, 2.24) is 9.55 Å². The molecule has 1 saturated carbocycles. The first kappa shape index (κ1) is 25.4. The second kappa shape index (κ2) is 10.2. The Kier molecular flexibility index (Phi) is 7.01. The number of halogens is 3. The van der Waals surface area contributed by atoms with E-state index < -0.39 is 29.2 Å². The molecule has 1 aliphatic carbocycles. The van der Waals surface area contributed by atoms with Gasteiger partial charge in [0.2, 0.25) is 0 Å². The lowest BCUT2D eigenvalue weighted by molar-refractivity contribution is -0.0472. The second-order valence-electron chi connectivity index (χ2n) is 9.46. The Balaban J connectivity index is 1.80. The molecule has 0 saturated heterocycles. The Morgan fingerprint density at radius 1 is 1.05 bits per heavy atom. The molecule has 3 aromatic carbocycles. The number of ether oxygens (including phenoxy) is 1. The van der Waals surface area contributed by atoms with Gasteiger partial charge in [0.1, 0.15) is 11.9 Å². The van der Waals surface area contributed by atoms with E-state index in [1.54, 1.807) is 36.4 Å². The fourth-order valence-corrected chi connectivity index (χ4v) is 5.74. The minimum atomic E-state index is -1.00. The second-order valence-corrected chi connectivity index (χ2v) is 9.90. The maximum atomic E-state index is 14.7. The van der Waals surface area contributed by atoms with Crippen LogP contribution in [0.15, 0.2) is 60.7 Å². The first-order chi connectivity index (χ1) is 17.8. The summed E-state index contributed by atoms with van der Waals surface area (Å²) in [4.78, 5) is 16.3. The fraction of sp³-hybridized carbons (Fsp3) is 0.310. The SMILES string of the molecule is CCOC(c1ccc(C(=O)O)cc1)C1(n2c(-c3ccc(Cl)cc3)nc3cc(F)c(F)cc32)CCCCC1. The number of benzene rings is 3. The number of carboxylic acids is 1. The van der Waals surface area contributed by atoms with E-state index in [-0.39, 0.29) is 5.56 Å². The summed E-state index contributed by atoms with van der Waals surface area (Å²) in [6.45, 7) is 2.33. The van der Waals surface area contributed by atoms with Gasteiger partial charge in [0, 0.05) is 29.3 Å². The summed E-state index contributed by atoms with van der Waals surface area (Å²) in [5.41, 5.74) is 1.93. The lowest BCUT2D eigenvalue weighted by Gasteiger charge is -2.46. The van der Waals surface area contributed by atoms with Crippen molar-refractivity contribution in [1.29, 1.82) is 0 Å². The molecule has 0 spiro atoms. The van der Waals surface area contributed by atoms with E-state index in [9.17, 15) is 18.7 Å². The summed E-state index contributed by atoms with van der Waals surface area (Å²) in [5.74, 6) is -2.33. The number of hydrogen-bond donors (Lipinski definition) is 1. The summed E-state index contributed by atoms with van der Waals surface area (Å²) in [6, 6.07) is 16.3. The largest absolute Gasteiger partial charge is 0.478 e. The zero-order valence-electron chi connectivity index (χ0n) is 20.4. The van der Waals surface area contributed by atoms with E-state index in [1.165, 1.54) is 6.07 Å². The fourth-order valence-electron chi connectivity index (χ4n) is 5.61. The van der Waals surface area contributed by atoms with Crippen LogP contribution in [0, 0.1) is 11.6 Å². The van der Waals surface area contributed by atoms with Crippen LogP contribution in [0.25, 0.3) is 22.4 Å². The van der Waals surface area contributed by atoms with Crippen molar-refractivity contribution in [3.63, 3.8) is 0 Å². The zero-order chi connectivity index (χ0) is 26.2. The highest BCUT2D eigenvalue weighted by molar-refractivity contribution is 6.30. The Hall–Kier alpha value is -3.29. The number of carboxylic acid groups (broad SMARTS) is 1. The number of carbonyl (C=O) groups is 1. The third-order valence-electron chi connectivity index (χ3n) is 7.25. The lowest BCUT2D eigenvalue weighted by atomic mass is 9.74. The Labute approximate surface area is 218 Å². The van der Waals surface area contributed by atoms with Crippen LogP contribution in [0.1, 0.15) is 61.1 Å². The summed E-state index contributed by atoms with van der Waals surface area (Å²) < 4.78 is 37.4. The third kappa shape index (κ3) is 4.62. The van der Waals surface area contributed by atoms with E-state index in [0.717, 1.165) is 49.3 Å². The number of nitrogens with zero attached hydrogens (tertiary/aromatic N) is 2. The van der Waals surface area contributed by atoms with Crippen LogP contribution < -0.4 is 0 Å². The Morgan fingerprint density at radius 3 is 2.32 bits per heavy atom. The smallest absolute Gasteiger partial charge is 0.335 e. The van der Waals surface area contributed by atoms with Gasteiger partial charge in [-0.2, -0.15) is 0 Å². The van der Waals surface area contributed by atoms with Gasteiger partial charge >= 0.3 is 5.97 Å². The molecule has 0 amide bonds. The van der Waals surface area contributed by atoms with Gasteiger partial charge in [-0.3, -0.25) is 0 Å². The molecular weight excluding hydrogens is 498 g/mol. The summed E-state index contributed by atoms with van der Waals surface area (Å²) in [5, 5.41) is 9.97. The molecule has 5 nitrogen and oxygen atoms in total. The number of fused-ring (bicyclic) bond motifs is 1. The monoisotopic (exact) mass is 524 g/mol. The first-order valence-electron chi connectivity index (χ1n) is 12.4. The van der Waals surface area contributed by atoms with Gasteiger partial charge in [-0.05, 0) is 61.7 Å². The van der Waals surface area contributed by atoms with Gasteiger partial charge in [-0.15, -0.1) is 0 Å². The van der Waals surface area contributed by atoms with E-state index in [4.69, 9.17) is 21.3 Å². The molecule has 1 unspecified atom stereocenters. The molecule has 0 radical (unpaired) electrons. The normalized spacial score (nSPS) is 16.1. The summed E-state index contributed by atoms with van der Waals surface area (Å²) in [6.07, 6.45) is 3.86. The number of hydrogen-bond acceptors (Lipinski definition) is 3. The van der Waals surface area contributed by atoms with Crippen molar-refractivity contribution in [2.45, 2.75) is 50.7 Å². The molecule has 0 bridgehead atoms. The van der Waals surface area contributed by atoms with E-state index in [1.807, 2.05) is 23.6 Å². The average molecular weight is 525 g/mol. The zero-order valence-corrected chi connectivity index (χ0v) is 21.1. The average Bonchev–Trinajstić information content (AvgIpc) is 3.27. The molecule has 1 heterocycles. The number of imidazole rings is 1. The standard InChI is InChI=1S/C29H27ClF2N2O3/c1-2-37-26(18-6-8-20(9-7-18)28(35)36)29(14-4-3-5-15-29)34-25-17-23(32)22(31)16-24(25)33-27(34)19-10-12-21(30)13-11-19/h6-13,16-17,26H,2-5,14-15H2,1H3,(H,35,36). The van der Waals surface area contributed by atoms with Gasteiger partial charge in [0.15, 0.2) is 11.6 Å². The molecule has 1 fully saturated rings. The molecule has 5 rings (SSSR count). The van der Waals surface area contributed by atoms with Gasteiger partial charge in [-0.25, -0.2) is 18.6 Å². The molecule has 1 N–H and O–H groups in total. The number of rotatable bonds is 7. The molecule has 37 heavy (non-hydrogen) atoms. The third-order valence-corrected chi connectivity index (χ3v) is 7.50. The molecule has 4 aromatic rings. The Morgan fingerprint density at radius 2 is 1.70 bits per heavy atom. The van der Waals surface area contributed by atoms with Gasteiger partial charge in [-0.1, -0.05) is 43.0 Å². The first-order valence-corrected chi connectivity index (χ1v) is 12.8. The van der Waals surface area contributed by atoms with Crippen molar-refractivity contribution in [2.75, 3.05) is 6.61 Å². The van der Waals surface area contributed by atoms with Gasteiger partial charge in [0.25, 0.3) is 0 Å². The van der Waals surface area contributed by atoms with Crippen molar-refractivity contribution in [3.8, 4) is 11.4 Å². The summed E-state index contributed by atoms with van der Waals surface area (Å²) >= 11 is 6.15. The molecule has 1 aliphatic rings. The molecule has 0 aliphatic heterocycles. The van der Waals surface area contributed by atoms with Crippen LogP contribution in [0.4, 0.5) is 8.78 Å². The van der Waals surface area contributed by atoms with Crippen molar-refractivity contribution < 1.29 is 23.4 Å². The van der Waals surface area contributed by atoms with Crippen LogP contribution in [0.3, 0.4) is 0 Å². The Bertz CT molecular complexity index is 1430. The highest BCUT2D eigenvalue weighted by Gasteiger charge is 2.45. The van der Waals surface area contributed by atoms with Crippen LogP contribution in [-0.2, 0) is 10.3 Å². The minimum absolute atomic E-state index is 0.184. The topological polar surface area (TPSA) is 64.3 Å². The predicted molar refractivity (Wildman–Crippen MR) is 139 cm³/mol. The summed E-state index contributed by atoms with van der Waals surface area (Å²) in [7, 11) is 0. The molecule has 1 atom stereocenters. The van der Waals surface area contributed by atoms with Gasteiger partial charge < -0.3 is 14.4 Å². The predicted octanol–water partition coefficient (Wildman–Crippen LogP) is 7.77. The van der Waals surface area contributed by atoms with Crippen molar-refractivity contribution in [2.24, 2.45) is 0 Å². The van der Waals surface area contributed by atoms with Crippen molar-refractivity contribution >= 4 is 28.6 Å². The van der Waals surface area contributed by atoms with E-state index in [0.29, 0.717) is 28.5 Å². The number of aromatic carboxylic acids is 1. The van der Waals surface area contributed by atoms with Crippen LogP contribution >= 0.6 is 11.6 Å². The van der Waals surface area contributed by atoms with E-state index in [2.05, 4.69) is 0 Å². The molecule has 1 aromatic heterocycles. The highest BCUT2D eigenvalue weighted by atomic mass is 35.5. The molecule has 192 valence electrons. The quantitative estimate of drug-likeness (QED) is 0.268. The maximum absolute atomic E-state index is 14.7. The molecular formula is C29H27ClF2N2O3. The molecule has 8 heteroatoms. The van der Waals surface area contributed by atoms with Gasteiger partial charge in [0.05, 0.1) is 22.1 Å². The van der Waals surface area contributed by atoms with Crippen LogP contribution in [0.5, 0.6) is 0 Å². The van der Waals surface area contributed by atoms with E-state index >= 15 is 0 Å². The minimum Gasteiger partial charge on any atom is -0.478 e. The number of aromatic nitrogens is 2. The van der Waals surface area contributed by atoms with Crippen LogP contribution in [-0.4, -0.2) is 27.2 Å². The van der Waals surface area contributed by atoms with Crippen molar-refractivity contribution in [3.05, 3.63) is 88.4 Å². The van der Waals surface area contributed by atoms with Crippen LogP contribution in [0.2, 0.25) is 5.02 Å².